The molecule has 0 spiro atoms. The van der Waals surface area contributed by atoms with Crippen LogP contribution in [-0.4, -0.2) is 9.55 Å². The fourth-order valence-corrected chi connectivity index (χ4v) is 6.59. The molecule has 2 aromatic heterocycles. The van der Waals surface area contributed by atoms with Gasteiger partial charge in [0.2, 0.25) is 0 Å². The zero-order valence-electron chi connectivity index (χ0n) is 38.0. The van der Waals surface area contributed by atoms with E-state index in [9.17, 15) is 2.74 Å². The van der Waals surface area contributed by atoms with Gasteiger partial charge in [0.05, 0.1) is 22.3 Å². The maximum Gasteiger partial charge on any atom is 0.149 e. The Labute approximate surface area is 293 Å². The van der Waals surface area contributed by atoms with Crippen molar-refractivity contribution in [3.63, 3.8) is 0 Å². The van der Waals surface area contributed by atoms with Gasteiger partial charge in [0.15, 0.2) is 0 Å². The van der Waals surface area contributed by atoms with E-state index < -0.39 is 37.3 Å². The van der Waals surface area contributed by atoms with Crippen molar-refractivity contribution >= 4 is 33.0 Å². The van der Waals surface area contributed by atoms with Crippen molar-refractivity contribution in [2.24, 2.45) is 5.41 Å². The molecule has 0 aliphatic rings. The highest BCUT2D eigenvalue weighted by Crippen LogP contribution is 2.43. The van der Waals surface area contributed by atoms with Gasteiger partial charge in [-0.25, -0.2) is 4.98 Å². The van der Waals surface area contributed by atoms with E-state index in [4.69, 9.17) is 20.4 Å². The number of hydrogen-bond donors (Lipinski definition) is 0. The van der Waals surface area contributed by atoms with E-state index in [0.717, 1.165) is 5.52 Å². The molecule has 0 aliphatic carbocycles. The van der Waals surface area contributed by atoms with Crippen molar-refractivity contribution in [3.05, 3.63) is 119 Å². The fraction of sp³-hybridized carbons (Fsp3) is 0.295. The molecule has 7 aromatic rings. The smallest absolute Gasteiger partial charge is 0.149 e. The van der Waals surface area contributed by atoms with E-state index in [-0.39, 0.29) is 22.3 Å². The van der Waals surface area contributed by atoms with Crippen LogP contribution in [0.15, 0.2) is 95.4 Å². The van der Waals surface area contributed by atoms with Gasteiger partial charge >= 0.3 is 0 Å². The highest BCUT2D eigenvalue weighted by molar-refractivity contribution is 6.12. The molecule has 0 saturated carbocycles. The number of benzene rings is 5. The Bertz CT molecular complexity index is 2650. The Hall–Kier alpha value is -4.63. The molecule has 238 valence electrons. The molecule has 5 aromatic carbocycles. The summed E-state index contributed by atoms with van der Waals surface area (Å²) in [5, 5.41) is 0.810. The van der Waals surface area contributed by atoms with Crippen molar-refractivity contribution in [3.8, 4) is 28.2 Å². The number of nitrogens with zero attached hydrogens (tertiary/aromatic N) is 2. The Morgan fingerprint density at radius 3 is 2.17 bits per heavy atom. The van der Waals surface area contributed by atoms with Gasteiger partial charge in [0, 0.05) is 30.0 Å². The van der Waals surface area contributed by atoms with Crippen LogP contribution in [0.4, 0.5) is 0 Å². The molecule has 0 aliphatic heterocycles. The Morgan fingerprint density at radius 2 is 1.51 bits per heavy atom. The first-order chi connectivity index (χ1) is 26.2. The molecule has 2 heterocycles. The van der Waals surface area contributed by atoms with Crippen molar-refractivity contribution in [1.82, 2.24) is 9.55 Å². The number of furan rings is 1. The van der Waals surface area contributed by atoms with Gasteiger partial charge < -0.3 is 4.42 Å². The summed E-state index contributed by atoms with van der Waals surface area (Å²) in [6.45, 7) is 7.03. The van der Waals surface area contributed by atoms with E-state index in [0.29, 0.717) is 61.2 Å². The SMILES string of the molecule is [2H]C([2H])([2H])c1cc2c(oc3c(-c4nc5ccccc5n4-c4c(C([2H])(C)C)cccc4C([2H])(C)C)cccc32)c(C([2H])([2H])[2H])c1-c1ccc(C([2H])([2H])C(C)(C)C)cc1. The van der Waals surface area contributed by atoms with Crippen LogP contribution in [0.3, 0.4) is 0 Å². The van der Waals surface area contributed by atoms with Crippen LogP contribution in [0.25, 0.3) is 61.2 Å². The second-order valence-corrected chi connectivity index (χ2v) is 13.7. The van der Waals surface area contributed by atoms with Gasteiger partial charge in [-0.1, -0.05) is 115 Å². The summed E-state index contributed by atoms with van der Waals surface area (Å²) in [6.07, 6.45) is -1.73. The predicted molar refractivity (Wildman–Crippen MR) is 200 cm³/mol. The molecule has 0 fully saturated rings. The quantitative estimate of drug-likeness (QED) is 0.183. The van der Waals surface area contributed by atoms with Gasteiger partial charge in [-0.2, -0.15) is 0 Å². The van der Waals surface area contributed by atoms with Gasteiger partial charge in [-0.05, 0) is 94.9 Å². The molecule has 3 heteroatoms. The highest BCUT2D eigenvalue weighted by atomic mass is 16.3. The van der Waals surface area contributed by atoms with Crippen molar-refractivity contribution in [1.29, 1.82) is 0 Å². The van der Waals surface area contributed by atoms with E-state index in [1.54, 1.807) is 84.9 Å². The monoisotopic (exact) mass is 628 g/mol. The first kappa shape index (κ1) is 21.3. The normalized spacial score (nSPS) is 16.8. The second kappa shape index (κ2) is 11.6. The summed E-state index contributed by atoms with van der Waals surface area (Å²) in [7, 11) is 0. The lowest BCUT2D eigenvalue weighted by Gasteiger charge is -2.22. The maximum atomic E-state index is 9.19. The van der Waals surface area contributed by atoms with E-state index in [2.05, 4.69) is 0 Å². The Morgan fingerprint density at radius 1 is 0.809 bits per heavy atom. The van der Waals surface area contributed by atoms with Crippen LogP contribution < -0.4 is 0 Å². The lowest BCUT2D eigenvalue weighted by atomic mass is 9.87. The third-order valence-electron chi connectivity index (χ3n) is 8.62. The zero-order valence-corrected chi connectivity index (χ0v) is 28.0. The van der Waals surface area contributed by atoms with E-state index in [1.165, 1.54) is 6.07 Å². The minimum Gasteiger partial charge on any atom is -0.455 e. The summed E-state index contributed by atoms with van der Waals surface area (Å²) < 4.78 is 97.0. The first-order valence-corrected chi connectivity index (χ1v) is 16.0. The van der Waals surface area contributed by atoms with Gasteiger partial charge in [-0.3, -0.25) is 4.57 Å². The van der Waals surface area contributed by atoms with Gasteiger partial charge in [-0.15, -0.1) is 0 Å². The van der Waals surface area contributed by atoms with Crippen LogP contribution in [-0.2, 0) is 6.37 Å². The number of rotatable bonds is 6. The lowest BCUT2D eigenvalue weighted by Crippen LogP contribution is -2.08. The van der Waals surface area contributed by atoms with Crippen LogP contribution in [0.5, 0.6) is 0 Å². The molecule has 0 atom stereocenters. The number of para-hydroxylation sites is 4. The number of fused-ring (bicyclic) bond motifs is 4. The van der Waals surface area contributed by atoms with E-state index in [1.807, 2.05) is 53.1 Å². The summed E-state index contributed by atoms with van der Waals surface area (Å²) in [6, 6.07) is 26.5. The van der Waals surface area contributed by atoms with Crippen molar-refractivity contribution < 1.29 is 18.1 Å². The third-order valence-corrected chi connectivity index (χ3v) is 8.62. The van der Waals surface area contributed by atoms with Crippen LogP contribution in [0.2, 0.25) is 0 Å². The van der Waals surface area contributed by atoms with Crippen LogP contribution in [0, 0.1) is 19.1 Å². The zero-order chi connectivity index (χ0) is 41.8. The lowest BCUT2D eigenvalue weighted by molar-refractivity contribution is 0.411. The van der Waals surface area contributed by atoms with Crippen LogP contribution >= 0.6 is 0 Å². The number of hydrogen-bond acceptors (Lipinski definition) is 2. The summed E-state index contributed by atoms with van der Waals surface area (Å²) in [5.41, 5.74) is 3.73. The standard InChI is InChI=1S/C44H46N2O/c1-26(2)32-14-12-15-33(27(3)4)40(32)46-38-19-11-10-18-37(38)45-43(46)35-17-13-16-34-36-24-28(5)39(29(6)41(36)47-42(34)35)31-22-20-30(21-23-31)25-44(7,8)9/h10-24,26-27H,25H2,1-9H3/i5D3,6D3,25D2,26D,27D. The second-order valence-electron chi connectivity index (χ2n) is 13.7. The number of aryl methyl sites for hydroxylation is 2. The number of imidazole rings is 1. The maximum absolute atomic E-state index is 9.19. The number of aromatic nitrogens is 2. The minimum atomic E-state index is -2.83. The average Bonchev–Trinajstić information content (AvgIpc) is 3.67. The van der Waals surface area contributed by atoms with Crippen molar-refractivity contribution in [2.45, 2.75) is 80.3 Å². The largest absolute Gasteiger partial charge is 0.455 e. The Balaban J connectivity index is 1.59. The van der Waals surface area contributed by atoms with Crippen molar-refractivity contribution in [2.75, 3.05) is 0 Å². The molecular formula is C44H46N2O. The molecule has 3 nitrogen and oxygen atoms in total. The van der Waals surface area contributed by atoms with Crippen LogP contribution in [0.1, 0.15) is 102 Å². The molecule has 0 radical (unpaired) electrons. The molecule has 0 saturated heterocycles. The topological polar surface area (TPSA) is 31.0 Å². The molecular weight excluding hydrogens is 572 g/mol. The molecule has 47 heavy (non-hydrogen) atoms. The van der Waals surface area contributed by atoms with Gasteiger partial charge in [0.25, 0.3) is 0 Å². The molecule has 7 rings (SSSR count). The molecule has 0 unspecified atom stereocenters. The minimum absolute atomic E-state index is 0.00728. The molecule has 0 amide bonds. The Kier molecular flexibility index (Phi) is 5.23. The van der Waals surface area contributed by atoms with E-state index >= 15 is 0 Å². The summed E-state index contributed by atoms with van der Waals surface area (Å²) in [5.74, 6) is -1.71. The highest BCUT2D eigenvalue weighted by Gasteiger charge is 2.25. The average molecular weight is 629 g/mol. The molecule has 0 bridgehead atoms. The first-order valence-electron chi connectivity index (χ1n) is 21.0. The summed E-state index contributed by atoms with van der Waals surface area (Å²) >= 11 is 0. The predicted octanol–water partition coefficient (Wildman–Crippen LogP) is 12.7. The molecule has 0 N–H and O–H groups in total. The summed E-state index contributed by atoms with van der Waals surface area (Å²) in [4.78, 5) is 5.11. The fourth-order valence-electron chi connectivity index (χ4n) is 6.59. The third kappa shape index (κ3) is 5.36. The van der Waals surface area contributed by atoms with Gasteiger partial charge in [0.1, 0.15) is 17.0 Å².